The van der Waals surface area contributed by atoms with Gasteiger partial charge in [0.2, 0.25) is 5.89 Å². The zero-order chi connectivity index (χ0) is 22.0. The van der Waals surface area contributed by atoms with Crippen LogP contribution in [0.25, 0.3) is 28.6 Å². The van der Waals surface area contributed by atoms with E-state index >= 15 is 0 Å². The van der Waals surface area contributed by atoms with Gasteiger partial charge < -0.3 is 9.52 Å². The van der Waals surface area contributed by atoms with Crippen LogP contribution >= 0.6 is 0 Å². The summed E-state index contributed by atoms with van der Waals surface area (Å²) in [4.78, 5) is 19.5. The molecule has 7 heteroatoms. The van der Waals surface area contributed by atoms with Gasteiger partial charge in [-0.05, 0) is 73.5 Å². The Morgan fingerprint density at radius 3 is 2.68 bits per heavy atom. The predicted molar refractivity (Wildman–Crippen MR) is 121 cm³/mol. The SMILES string of the molecule is Cc1cc2nc(-c3cc(N=C/C=C/c4ccccc4[N+](=O)[O-])ccc3O)oc2cc1C. The molecule has 4 rings (SSSR count). The number of phenolic OH excluding ortho intramolecular Hbond substituents is 1. The quantitative estimate of drug-likeness (QED) is 0.240. The smallest absolute Gasteiger partial charge is 0.276 e. The Labute approximate surface area is 178 Å². The second-order valence-electron chi connectivity index (χ2n) is 7.08. The summed E-state index contributed by atoms with van der Waals surface area (Å²) in [5.74, 6) is 0.347. The largest absolute Gasteiger partial charge is 0.507 e. The number of allylic oxidation sites excluding steroid dienone is 1. The third kappa shape index (κ3) is 4.20. The standard InChI is InChI=1S/C24H19N3O4/c1-15-12-20-23(13-16(15)2)31-24(26-20)19-14-18(9-10-22(19)28)25-11-5-7-17-6-3-4-8-21(17)27(29)30/h3-14,28H,1-2H3/b7-5+,25-11?. The van der Waals surface area contributed by atoms with E-state index in [1.54, 1.807) is 42.5 Å². The summed E-state index contributed by atoms with van der Waals surface area (Å²) in [7, 11) is 0. The fourth-order valence-corrected chi connectivity index (χ4v) is 3.14. The lowest BCUT2D eigenvalue weighted by atomic mass is 10.1. The summed E-state index contributed by atoms with van der Waals surface area (Å²) in [6, 6.07) is 15.2. The van der Waals surface area contributed by atoms with Gasteiger partial charge in [0.1, 0.15) is 11.3 Å². The predicted octanol–water partition coefficient (Wildman–Crippen LogP) is 6.14. The monoisotopic (exact) mass is 413 g/mol. The molecule has 0 saturated heterocycles. The topological polar surface area (TPSA) is 102 Å². The van der Waals surface area contributed by atoms with Crippen LogP contribution in [0, 0.1) is 24.0 Å². The Kier molecular flexibility index (Phi) is 5.32. The molecular weight excluding hydrogens is 394 g/mol. The van der Waals surface area contributed by atoms with Gasteiger partial charge in [0, 0.05) is 12.3 Å². The number of nitro benzene ring substituents is 1. The van der Waals surface area contributed by atoms with Crippen molar-refractivity contribution in [3.63, 3.8) is 0 Å². The van der Waals surface area contributed by atoms with E-state index in [1.165, 1.54) is 18.3 Å². The molecule has 7 nitrogen and oxygen atoms in total. The lowest BCUT2D eigenvalue weighted by molar-refractivity contribution is -0.385. The second-order valence-corrected chi connectivity index (χ2v) is 7.08. The van der Waals surface area contributed by atoms with Crippen molar-refractivity contribution in [2.75, 3.05) is 0 Å². The number of nitrogens with zero attached hydrogens (tertiary/aromatic N) is 3. The Balaban J connectivity index is 1.61. The molecule has 0 aliphatic heterocycles. The maximum Gasteiger partial charge on any atom is 0.276 e. The number of phenols is 1. The number of benzene rings is 3. The lowest BCUT2D eigenvalue weighted by Crippen LogP contribution is -1.90. The third-order valence-electron chi connectivity index (χ3n) is 4.93. The molecule has 0 bridgehead atoms. The molecule has 0 spiro atoms. The summed E-state index contributed by atoms with van der Waals surface area (Å²) in [6.45, 7) is 4.01. The normalized spacial score (nSPS) is 11.7. The number of aliphatic imine (C=N–C) groups is 1. The van der Waals surface area contributed by atoms with Gasteiger partial charge in [-0.3, -0.25) is 15.1 Å². The number of aromatic nitrogens is 1. The molecule has 0 saturated carbocycles. The summed E-state index contributed by atoms with van der Waals surface area (Å²) in [5.41, 5.74) is 5.11. The fourth-order valence-electron chi connectivity index (χ4n) is 3.14. The van der Waals surface area contributed by atoms with Crippen LogP contribution in [-0.2, 0) is 0 Å². The first-order valence-electron chi connectivity index (χ1n) is 9.58. The van der Waals surface area contributed by atoms with Crippen LogP contribution in [0.3, 0.4) is 0 Å². The van der Waals surface area contributed by atoms with E-state index in [-0.39, 0.29) is 11.4 Å². The maximum atomic E-state index is 11.1. The van der Waals surface area contributed by atoms with E-state index in [1.807, 2.05) is 26.0 Å². The number of para-hydroxylation sites is 1. The lowest BCUT2D eigenvalue weighted by Gasteiger charge is -2.01. The number of nitro groups is 1. The van der Waals surface area contributed by atoms with Crippen molar-refractivity contribution in [3.8, 4) is 17.2 Å². The van der Waals surface area contributed by atoms with Crippen LogP contribution in [0.15, 0.2) is 70.1 Å². The van der Waals surface area contributed by atoms with Gasteiger partial charge in [0.05, 0.1) is 21.7 Å². The van der Waals surface area contributed by atoms with Crippen molar-refractivity contribution in [2.45, 2.75) is 13.8 Å². The number of aromatic hydroxyl groups is 1. The molecule has 4 aromatic rings. The van der Waals surface area contributed by atoms with Gasteiger partial charge in [-0.2, -0.15) is 0 Å². The minimum Gasteiger partial charge on any atom is -0.507 e. The van der Waals surface area contributed by atoms with Crippen molar-refractivity contribution in [3.05, 3.63) is 87.5 Å². The molecule has 0 aliphatic rings. The van der Waals surface area contributed by atoms with E-state index in [9.17, 15) is 15.2 Å². The molecule has 1 aromatic heterocycles. The van der Waals surface area contributed by atoms with E-state index in [0.29, 0.717) is 28.3 Å². The minimum absolute atomic E-state index is 0.0282. The van der Waals surface area contributed by atoms with Crippen LogP contribution in [0.4, 0.5) is 11.4 Å². The molecular formula is C24H19N3O4. The van der Waals surface area contributed by atoms with Gasteiger partial charge in [-0.15, -0.1) is 0 Å². The molecule has 0 radical (unpaired) electrons. The number of hydrogen-bond acceptors (Lipinski definition) is 6. The van der Waals surface area contributed by atoms with Crippen LogP contribution in [0.1, 0.15) is 16.7 Å². The first-order valence-corrected chi connectivity index (χ1v) is 9.58. The number of hydrogen-bond donors (Lipinski definition) is 1. The highest BCUT2D eigenvalue weighted by atomic mass is 16.6. The van der Waals surface area contributed by atoms with Gasteiger partial charge in [0.15, 0.2) is 5.58 Å². The minimum atomic E-state index is -0.424. The van der Waals surface area contributed by atoms with E-state index < -0.39 is 4.92 Å². The highest BCUT2D eigenvalue weighted by Gasteiger charge is 2.14. The fraction of sp³-hybridized carbons (Fsp3) is 0.0833. The molecule has 0 fully saturated rings. The Bertz CT molecular complexity index is 1310. The molecule has 3 aromatic carbocycles. The maximum absolute atomic E-state index is 11.1. The molecule has 1 N–H and O–H groups in total. The highest BCUT2D eigenvalue weighted by Crippen LogP contribution is 2.34. The molecule has 0 unspecified atom stereocenters. The Hall–Kier alpha value is -4.26. The average Bonchev–Trinajstić information content (AvgIpc) is 3.15. The van der Waals surface area contributed by atoms with Crippen LogP contribution in [-0.4, -0.2) is 21.2 Å². The van der Waals surface area contributed by atoms with Crippen molar-refractivity contribution >= 4 is 34.8 Å². The summed E-state index contributed by atoms with van der Waals surface area (Å²) >= 11 is 0. The van der Waals surface area contributed by atoms with E-state index in [0.717, 1.165) is 16.6 Å². The Morgan fingerprint density at radius 1 is 1.10 bits per heavy atom. The van der Waals surface area contributed by atoms with Crippen molar-refractivity contribution in [1.29, 1.82) is 0 Å². The molecule has 0 amide bonds. The van der Waals surface area contributed by atoms with Crippen molar-refractivity contribution < 1.29 is 14.4 Å². The number of aryl methyl sites for hydroxylation is 2. The summed E-state index contributed by atoms with van der Waals surface area (Å²) in [5, 5.41) is 21.4. The zero-order valence-corrected chi connectivity index (χ0v) is 16.9. The van der Waals surface area contributed by atoms with E-state index in [2.05, 4.69) is 9.98 Å². The first-order chi connectivity index (χ1) is 14.9. The van der Waals surface area contributed by atoms with Crippen LogP contribution < -0.4 is 0 Å². The average molecular weight is 413 g/mol. The number of rotatable bonds is 5. The second kappa shape index (κ2) is 8.23. The van der Waals surface area contributed by atoms with Gasteiger partial charge >= 0.3 is 0 Å². The molecule has 0 aliphatic carbocycles. The van der Waals surface area contributed by atoms with Gasteiger partial charge in [-0.1, -0.05) is 12.1 Å². The molecule has 0 atom stereocenters. The van der Waals surface area contributed by atoms with Crippen LogP contribution in [0.2, 0.25) is 0 Å². The molecule has 31 heavy (non-hydrogen) atoms. The number of oxazole rings is 1. The molecule has 1 heterocycles. The number of fused-ring (bicyclic) bond motifs is 1. The Morgan fingerprint density at radius 2 is 1.87 bits per heavy atom. The summed E-state index contributed by atoms with van der Waals surface area (Å²) < 4.78 is 5.84. The molecule has 154 valence electrons. The van der Waals surface area contributed by atoms with E-state index in [4.69, 9.17) is 4.42 Å². The van der Waals surface area contributed by atoms with Crippen LogP contribution in [0.5, 0.6) is 5.75 Å². The zero-order valence-electron chi connectivity index (χ0n) is 16.9. The summed E-state index contributed by atoms with van der Waals surface area (Å²) in [6.07, 6.45) is 4.78. The highest BCUT2D eigenvalue weighted by molar-refractivity contribution is 5.83. The van der Waals surface area contributed by atoms with Gasteiger partial charge in [-0.25, -0.2) is 4.98 Å². The van der Waals surface area contributed by atoms with Gasteiger partial charge in [0.25, 0.3) is 5.69 Å². The van der Waals surface area contributed by atoms with Crippen molar-refractivity contribution in [2.24, 2.45) is 4.99 Å². The first kappa shape index (κ1) is 20.0. The van der Waals surface area contributed by atoms with Crippen molar-refractivity contribution in [1.82, 2.24) is 4.98 Å². The third-order valence-corrected chi connectivity index (χ3v) is 4.93.